The molecule has 0 aliphatic rings. The number of hydrogen-bond acceptors (Lipinski definition) is 4. The highest BCUT2D eigenvalue weighted by Gasteiger charge is 2.15. The van der Waals surface area contributed by atoms with E-state index in [2.05, 4.69) is 36.2 Å². The fourth-order valence-corrected chi connectivity index (χ4v) is 2.81. The fourth-order valence-electron chi connectivity index (χ4n) is 1.95. The molecule has 0 aliphatic carbocycles. The van der Waals surface area contributed by atoms with E-state index in [1.54, 1.807) is 13.8 Å². The molecule has 0 heterocycles. The first-order valence-corrected chi connectivity index (χ1v) is 8.92. The van der Waals surface area contributed by atoms with E-state index in [0.29, 0.717) is 6.54 Å². The minimum Gasteiger partial charge on any atom is -0.384 e. The summed E-state index contributed by atoms with van der Waals surface area (Å²) in [4.78, 5) is 2.27. The Kier molecular flexibility index (Phi) is 6.33. The molecule has 0 bridgehead atoms. The van der Waals surface area contributed by atoms with E-state index in [-0.39, 0.29) is 11.0 Å². The molecule has 0 amide bonds. The predicted molar refractivity (Wildman–Crippen MR) is 87.4 cm³/mol. The molecule has 4 nitrogen and oxygen atoms in total. The largest absolute Gasteiger partial charge is 0.384 e. The fraction of sp³-hybridized carbons (Fsp3) is 0.600. The zero-order chi connectivity index (χ0) is 15.2. The zero-order valence-electron chi connectivity index (χ0n) is 12.9. The van der Waals surface area contributed by atoms with E-state index in [1.807, 2.05) is 12.1 Å². The molecule has 0 fully saturated rings. The van der Waals surface area contributed by atoms with Crippen LogP contribution in [0.15, 0.2) is 24.3 Å². The molecule has 114 valence electrons. The van der Waals surface area contributed by atoms with Crippen LogP contribution in [0.2, 0.25) is 0 Å². The maximum absolute atomic E-state index is 11.7. The van der Waals surface area contributed by atoms with E-state index in [0.717, 1.165) is 18.8 Å². The number of anilines is 2. The van der Waals surface area contributed by atoms with Gasteiger partial charge in [0.05, 0.1) is 11.0 Å². The lowest BCUT2D eigenvalue weighted by Crippen LogP contribution is -2.23. The van der Waals surface area contributed by atoms with Gasteiger partial charge in [-0.3, -0.25) is 0 Å². The van der Waals surface area contributed by atoms with Crippen LogP contribution in [0.1, 0.15) is 27.7 Å². The van der Waals surface area contributed by atoms with Crippen molar-refractivity contribution in [2.24, 2.45) is 0 Å². The van der Waals surface area contributed by atoms with Crippen LogP contribution >= 0.6 is 0 Å². The topological polar surface area (TPSA) is 49.4 Å². The van der Waals surface area contributed by atoms with Crippen LogP contribution in [-0.2, 0) is 9.84 Å². The molecule has 0 atom stereocenters. The summed E-state index contributed by atoms with van der Waals surface area (Å²) >= 11 is 0. The first-order valence-electron chi connectivity index (χ1n) is 7.21. The lowest BCUT2D eigenvalue weighted by atomic mass is 10.2. The number of rotatable bonds is 8. The Balaban J connectivity index is 2.54. The van der Waals surface area contributed by atoms with Crippen molar-refractivity contribution in [1.82, 2.24) is 0 Å². The van der Waals surface area contributed by atoms with Crippen LogP contribution in [0, 0.1) is 0 Å². The van der Waals surface area contributed by atoms with Crippen molar-refractivity contribution in [2.45, 2.75) is 32.9 Å². The summed E-state index contributed by atoms with van der Waals surface area (Å²) in [7, 11) is -2.97. The molecule has 0 saturated carbocycles. The average Bonchev–Trinajstić information content (AvgIpc) is 2.41. The standard InChI is InChI=1S/C15H26N2O2S/c1-5-17(6-2)15-9-7-14(8-10-15)16-11-12-20(18,19)13(3)4/h7-10,13,16H,5-6,11-12H2,1-4H3. The first kappa shape index (κ1) is 16.8. The molecular weight excluding hydrogens is 272 g/mol. The molecule has 1 rings (SSSR count). The number of hydrogen-bond donors (Lipinski definition) is 1. The monoisotopic (exact) mass is 298 g/mol. The Morgan fingerprint density at radius 3 is 2.10 bits per heavy atom. The molecule has 20 heavy (non-hydrogen) atoms. The van der Waals surface area contributed by atoms with Gasteiger partial charge in [0.25, 0.3) is 0 Å². The number of nitrogens with zero attached hydrogens (tertiary/aromatic N) is 1. The number of sulfone groups is 1. The van der Waals surface area contributed by atoms with Crippen LogP contribution < -0.4 is 10.2 Å². The summed E-state index contributed by atoms with van der Waals surface area (Å²) in [5.74, 6) is 0.169. The summed E-state index contributed by atoms with van der Waals surface area (Å²) in [6.07, 6.45) is 0. The smallest absolute Gasteiger partial charge is 0.154 e. The highest BCUT2D eigenvalue weighted by atomic mass is 32.2. The van der Waals surface area contributed by atoms with Crippen LogP contribution in [0.3, 0.4) is 0 Å². The maximum Gasteiger partial charge on any atom is 0.154 e. The summed E-state index contributed by atoms with van der Waals surface area (Å²) in [6, 6.07) is 8.11. The van der Waals surface area contributed by atoms with Crippen molar-refractivity contribution in [3.05, 3.63) is 24.3 Å². The number of nitrogens with one attached hydrogen (secondary N) is 1. The molecule has 1 aromatic rings. The predicted octanol–water partition coefficient (Wildman–Crippen LogP) is 2.77. The van der Waals surface area contributed by atoms with Gasteiger partial charge in [0.2, 0.25) is 0 Å². The Bertz CT molecular complexity index is 491. The van der Waals surface area contributed by atoms with Crippen LogP contribution in [0.4, 0.5) is 11.4 Å². The molecule has 0 spiro atoms. The van der Waals surface area contributed by atoms with E-state index in [1.165, 1.54) is 5.69 Å². The third-order valence-electron chi connectivity index (χ3n) is 3.43. The van der Waals surface area contributed by atoms with E-state index < -0.39 is 9.84 Å². The Morgan fingerprint density at radius 2 is 1.65 bits per heavy atom. The molecule has 0 unspecified atom stereocenters. The van der Waals surface area contributed by atoms with Crippen molar-refractivity contribution in [3.8, 4) is 0 Å². The third kappa shape index (κ3) is 4.71. The van der Waals surface area contributed by atoms with Gasteiger partial charge in [0.1, 0.15) is 0 Å². The summed E-state index contributed by atoms with van der Waals surface area (Å²) in [5, 5.41) is 2.85. The van der Waals surface area contributed by atoms with Gasteiger partial charge < -0.3 is 10.2 Å². The Hall–Kier alpha value is -1.23. The van der Waals surface area contributed by atoms with E-state index in [4.69, 9.17) is 0 Å². The molecule has 0 radical (unpaired) electrons. The SMILES string of the molecule is CCN(CC)c1ccc(NCCS(=O)(=O)C(C)C)cc1. The third-order valence-corrected chi connectivity index (χ3v) is 5.64. The molecular formula is C15H26N2O2S. The lowest BCUT2D eigenvalue weighted by molar-refractivity contribution is 0.588. The van der Waals surface area contributed by atoms with Gasteiger partial charge in [-0.15, -0.1) is 0 Å². The lowest BCUT2D eigenvalue weighted by Gasteiger charge is -2.21. The summed E-state index contributed by atoms with van der Waals surface area (Å²) in [5.41, 5.74) is 2.15. The van der Waals surface area contributed by atoms with Crippen LogP contribution in [-0.4, -0.2) is 39.1 Å². The van der Waals surface area contributed by atoms with Crippen molar-refractivity contribution in [2.75, 3.05) is 35.6 Å². The molecule has 0 aromatic heterocycles. The average molecular weight is 298 g/mol. The minimum absolute atomic E-state index is 0.169. The van der Waals surface area contributed by atoms with Gasteiger partial charge in [-0.1, -0.05) is 0 Å². The van der Waals surface area contributed by atoms with Crippen molar-refractivity contribution < 1.29 is 8.42 Å². The van der Waals surface area contributed by atoms with Gasteiger partial charge >= 0.3 is 0 Å². The maximum atomic E-state index is 11.7. The molecule has 0 aliphatic heterocycles. The van der Waals surface area contributed by atoms with Gasteiger partial charge in [-0.05, 0) is 52.0 Å². The van der Waals surface area contributed by atoms with E-state index in [9.17, 15) is 8.42 Å². The van der Waals surface area contributed by atoms with Crippen molar-refractivity contribution in [1.29, 1.82) is 0 Å². The van der Waals surface area contributed by atoms with Crippen LogP contribution in [0.25, 0.3) is 0 Å². The minimum atomic E-state index is -2.97. The quantitative estimate of drug-likeness (QED) is 0.802. The summed E-state index contributed by atoms with van der Waals surface area (Å²) in [6.45, 7) is 10.1. The second-order valence-electron chi connectivity index (χ2n) is 5.06. The summed E-state index contributed by atoms with van der Waals surface area (Å²) < 4.78 is 23.4. The van der Waals surface area contributed by atoms with E-state index >= 15 is 0 Å². The van der Waals surface area contributed by atoms with Crippen molar-refractivity contribution >= 4 is 21.2 Å². The second-order valence-corrected chi connectivity index (χ2v) is 7.74. The van der Waals surface area contributed by atoms with Crippen LogP contribution in [0.5, 0.6) is 0 Å². The highest BCUT2D eigenvalue weighted by molar-refractivity contribution is 7.92. The van der Waals surface area contributed by atoms with Crippen molar-refractivity contribution in [3.63, 3.8) is 0 Å². The first-order chi connectivity index (χ1) is 9.40. The molecule has 5 heteroatoms. The Morgan fingerprint density at radius 1 is 1.10 bits per heavy atom. The molecule has 1 aromatic carbocycles. The molecule has 1 N–H and O–H groups in total. The normalized spacial score (nSPS) is 11.7. The zero-order valence-corrected chi connectivity index (χ0v) is 13.7. The highest BCUT2D eigenvalue weighted by Crippen LogP contribution is 2.17. The van der Waals surface area contributed by atoms with Gasteiger partial charge in [0.15, 0.2) is 9.84 Å². The van der Waals surface area contributed by atoms with Gasteiger partial charge in [-0.2, -0.15) is 0 Å². The Labute approximate surface area is 123 Å². The molecule has 0 saturated heterocycles. The number of benzene rings is 1. The van der Waals surface area contributed by atoms with Gasteiger partial charge in [0, 0.05) is 31.0 Å². The second kappa shape index (κ2) is 7.53. The van der Waals surface area contributed by atoms with Gasteiger partial charge in [-0.25, -0.2) is 8.42 Å².